The van der Waals surface area contributed by atoms with Crippen LogP contribution < -0.4 is 10.5 Å². The molecule has 0 aliphatic rings. The van der Waals surface area contributed by atoms with Crippen molar-refractivity contribution in [3.8, 4) is 5.75 Å². The summed E-state index contributed by atoms with van der Waals surface area (Å²) in [5.74, 6) is -2.25. The minimum absolute atomic E-state index is 0.0172. The Morgan fingerprint density at radius 2 is 1.87 bits per heavy atom. The Labute approximate surface area is 88.0 Å². The van der Waals surface area contributed by atoms with Crippen molar-refractivity contribution in [1.82, 2.24) is 0 Å². The van der Waals surface area contributed by atoms with E-state index in [2.05, 4.69) is 0 Å². The van der Waals surface area contributed by atoms with Gasteiger partial charge in [0.15, 0.2) is 0 Å². The second kappa shape index (κ2) is 5.07. The third kappa shape index (κ3) is 3.16. The van der Waals surface area contributed by atoms with Gasteiger partial charge in [-0.1, -0.05) is 0 Å². The van der Waals surface area contributed by atoms with E-state index in [1.807, 2.05) is 6.92 Å². The Bertz CT molecular complexity index is 298. The predicted molar refractivity (Wildman–Crippen MR) is 55.2 cm³/mol. The molecule has 0 radical (unpaired) electrons. The molecule has 4 heteroatoms. The third-order valence-electron chi connectivity index (χ3n) is 2.05. The van der Waals surface area contributed by atoms with E-state index in [-0.39, 0.29) is 18.5 Å². The largest absolute Gasteiger partial charge is 0.494 e. The maximum atomic E-state index is 13.4. The van der Waals surface area contributed by atoms with Crippen LogP contribution in [0.3, 0.4) is 0 Å². The molecule has 1 aromatic carbocycles. The Kier molecular flexibility index (Phi) is 4.03. The van der Waals surface area contributed by atoms with Crippen molar-refractivity contribution >= 4 is 0 Å². The first-order valence-corrected chi connectivity index (χ1v) is 4.91. The van der Waals surface area contributed by atoms with Gasteiger partial charge in [0.2, 0.25) is 0 Å². The van der Waals surface area contributed by atoms with Gasteiger partial charge in [-0.15, -0.1) is 0 Å². The molecule has 1 rings (SSSR count). The minimum atomic E-state index is -2.85. The molecule has 15 heavy (non-hydrogen) atoms. The molecule has 0 aliphatic heterocycles. The van der Waals surface area contributed by atoms with Crippen LogP contribution in [0.4, 0.5) is 8.78 Å². The average molecular weight is 215 g/mol. The zero-order valence-corrected chi connectivity index (χ0v) is 8.67. The van der Waals surface area contributed by atoms with Crippen LogP contribution >= 0.6 is 0 Å². The third-order valence-corrected chi connectivity index (χ3v) is 2.05. The molecule has 0 atom stereocenters. The highest BCUT2D eigenvalue weighted by molar-refractivity contribution is 5.29. The Morgan fingerprint density at radius 3 is 2.33 bits per heavy atom. The van der Waals surface area contributed by atoms with Crippen LogP contribution in [0.1, 0.15) is 18.9 Å². The second-order valence-electron chi connectivity index (χ2n) is 3.20. The molecule has 0 bridgehead atoms. The van der Waals surface area contributed by atoms with E-state index in [1.165, 1.54) is 12.1 Å². The number of alkyl halides is 2. The molecule has 0 saturated heterocycles. The molecule has 0 spiro atoms. The average Bonchev–Trinajstić information content (AvgIpc) is 2.19. The van der Waals surface area contributed by atoms with E-state index in [1.54, 1.807) is 12.1 Å². The number of nitrogens with two attached hydrogens (primary N) is 1. The molecular weight excluding hydrogens is 200 g/mol. The van der Waals surface area contributed by atoms with Gasteiger partial charge in [-0.25, -0.2) is 8.78 Å². The monoisotopic (exact) mass is 215 g/mol. The lowest BCUT2D eigenvalue weighted by Crippen LogP contribution is -2.18. The smallest absolute Gasteiger partial charge is 0.274 e. The molecule has 0 aromatic heterocycles. The fourth-order valence-corrected chi connectivity index (χ4v) is 1.29. The number of halogens is 2. The van der Waals surface area contributed by atoms with Gasteiger partial charge in [-0.05, 0) is 37.7 Å². The molecular formula is C11H15F2NO. The summed E-state index contributed by atoms with van der Waals surface area (Å²) in [5.41, 5.74) is 5.11. The molecule has 0 saturated carbocycles. The van der Waals surface area contributed by atoms with Gasteiger partial charge in [0.05, 0.1) is 6.61 Å². The van der Waals surface area contributed by atoms with Gasteiger partial charge in [0, 0.05) is 12.0 Å². The summed E-state index contributed by atoms with van der Waals surface area (Å²) in [6, 6.07) is 5.84. The first-order chi connectivity index (χ1) is 7.10. The minimum Gasteiger partial charge on any atom is -0.494 e. The van der Waals surface area contributed by atoms with Crippen LogP contribution in [0.15, 0.2) is 24.3 Å². The van der Waals surface area contributed by atoms with Gasteiger partial charge in [-0.2, -0.15) is 0 Å². The van der Waals surface area contributed by atoms with Crippen molar-refractivity contribution in [3.63, 3.8) is 0 Å². The summed E-state index contributed by atoms with van der Waals surface area (Å²) < 4.78 is 31.9. The van der Waals surface area contributed by atoms with Gasteiger partial charge in [0.25, 0.3) is 5.92 Å². The maximum Gasteiger partial charge on any atom is 0.274 e. The molecule has 84 valence electrons. The second-order valence-corrected chi connectivity index (χ2v) is 3.20. The Balaban J connectivity index is 2.78. The zero-order valence-electron chi connectivity index (χ0n) is 8.67. The van der Waals surface area contributed by atoms with Crippen LogP contribution in [0, 0.1) is 0 Å². The van der Waals surface area contributed by atoms with E-state index < -0.39 is 5.92 Å². The lowest BCUT2D eigenvalue weighted by molar-refractivity contribution is -0.0107. The predicted octanol–water partition coefficient (Wildman–Crippen LogP) is 2.53. The van der Waals surface area contributed by atoms with Gasteiger partial charge < -0.3 is 10.5 Å². The van der Waals surface area contributed by atoms with Crippen LogP contribution in [0.25, 0.3) is 0 Å². The van der Waals surface area contributed by atoms with E-state index in [0.29, 0.717) is 12.4 Å². The fourth-order valence-electron chi connectivity index (χ4n) is 1.29. The van der Waals surface area contributed by atoms with Gasteiger partial charge in [0.1, 0.15) is 5.75 Å². The number of rotatable bonds is 5. The molecule has 2 N–H and O–H groups in total. The number of hydrogen-bond acceptors (Lipinski definition) is 2. The fraction of sp³-hybridized carbons (Fsp3) is 0.455. The van der Waals surface area contributed by atoms with Crippen molar-refractivity contribution < 1.29 is 13.5 Å². The van der Waals surface area contributed by atoms with Gasteiger partial charge >= 0.3 is 0 Å². The molecule has 0 amide bonds. The van der Waals surface area contributed by atoms with Crippen LogP contribution in [0.2, 0.25) is 0 Å². The highest BCUT2D eigenvalue weighted by Gasteiger charge is 2.30. The van der Waals surface area contributed by atoms with Crippen LogP contribution in [0.5, 0.6) is 5.75 Å². The highest BCUT2D eigenvalue weighted by Crippen LogP contribution is 2.31. The molecule has 0 unspecified atom stereocenters. The molecule has 1 aromatic rings. The van der Waals surface area contributed by atoms with Crippen LogP contribution in [-0.2, 0) is 5.92 Å². The lowest BCUT2D eigenvalue weighted by Gasteiger charge is -2.15. The summed E-state index contributed by atoms with van der Waals surface area (Å²) in [6.07, 6.45) is -0.332. The summed E-state index contributed by atoms with van der Waals surface area (Å²) in [7, 11) is 0. The number of benzene rings is 1. The standard InChI is InChI=1S/C11H15F2NO/c1-2-15-10-5-3-9(4-6-10)11(12,13)7-8-14/h3-6H,2,7-8,14H2,1H3. The van der Waals surface area contributed by atoms with Crippen molar-refractivity contribution in [2.75, 3.05) is 13.2 Å². The summed E-state index contributed by atoms with van der Waals surface area (Å²) in [6.45, 7) is 2.34. The SMILES string of the molecule is CCOc1ccc(C(F)(F)CCN)cc1. The summed E-state index contributed by atoms with van der Waals surface area (Å²) >= 11 is 0. The maximum absolute atomic E-state index is 13.4. The van der Waals surface area contributed by atoms with E-state index in [9.17, 15) is 8.78 Å². The van der Waals surface area contributed by atoms with E-state index in [0.717, 1.165) is 0 Å². The van der Waals surface area contributed by atoms with Crippen molar-refractivity contribution in [3.05, 3.63) is 29.8 Å². The number of ether oxygens (including phenoxy) is 1. The molecule has 0 aliphatic carbocycles. The number of hydrogen-bond donors (Lipinski definition) is 1. The summed E-state index contributed by atoms with van der Waals surface area (Å²) in [4.78, 5) is 0. The topological polar surface area (TPSA) is 35.2 Å². The van der Waals surface area contributed by atoms with E-state index in [4.69, 9.17) is 10.5 Å². The zero-order chi connectivity index (χ0) is 11.3. The molecule has 2 nitrogen and oxygen atoms in total. The first kappa shape index (κ1) is 11.9. The lowest BCUT2D eigenvalue weighted by atomic mass is 10.1. The van der Waals surface area contributed by atoms with Gasteiger partial charge in [-0.3, -0.25) is 0 Å². The molecule has 0 heterocycles. The summed E-state index contributed by atoms with van der Waals surface area (Å²) in [5, 5.41) is 0. The molecule has 0 fully saturated rings. The van der Waals surface area contributed by atoms with Crippen molar-refractivity contribution in [2.24, 2.45) is 5.73 Å². The van der Waals surface area contributed by atoms with Crippen molar-refractivity contribution in [2.45, 2.75) is 19.3 Å². The Morgan fingerprint density at radius 1 is 1.27 bits per heavy atom. The quantitative estimate of drug-likeness (QED) is 0.819. The normalized spacial score (nSPS) is 11.5. The van der Waals surface area contributed by atoms with Crippen molar-refractivity contribution in [1.29, 1.82) is 0 Å². The first-order valence-electron chi connectivity index (χ1n) is 4.91. The van der Waals surface area contributed by atoms with Crippen LogP contribution in [-0.4, -0.2) is 13.2 Å². The Hall–Kier alpha value is -1.16. The highest BCUT2D eigenvalue weighted by atomic mass is 19.3. The van der Waals surface area contributed by atoms with E-state index >= 15 is 0 Å².